The van der Waals surface area contributed by atoms with E-state index in [4.69, 9.17) is 17.0 Å². The van der Waals surface area contributed by atoms with Gasteiger partial charge in [-0.2, -0.15) is 0 Å². The summed E-state index contributed by atoms with van der Waals surface area (Å²) >= 11 is 5.15. The first-order valence-corrected chi connectivity index (χ1v) is 12.0. The fraction of sp³-hybridized carbons (Fsp3) is 0.174. The van der Waals surface area contributed by atoms with Gasteiger partial charge in [0.25, 0.3) is 0 Å². The minimum atomic E-state index is -3.61. The van der Waals surface area contributed by atoms with Crippen molar-refractivity contribution in [2.45, 2.75) is 23.5 Å². The zero-order valence-corrected chi connectivity index (χ0v) is 19.4. The molecule has 7 nitrogen and oxygen atoms in total. The van der Waals surface area contributed by atoms with Crippen LogP contribution in [0, 0.1) is 5.82 Å². The van der Waals surface area contributed by atoms with Gasteiger partial charge in [0.15, 0.2) is 14.9 Å². The van der Waals surface area contributed by atoms with Gasteiger partial charge >= 0.3 is 0 Å². The number of halogens is 1. The first kappa shape index (κ1) is 24.3. The predicted octanol–water partition coefficient (Wildman–Crippen LogP) is 3.65. The van der Waals surface area contributed by atoms with E-state index in [0.717, 1.165) is 5.56 Å². The predicted molar refractivity (Wildman–Crippen MR) is 127 cm³/mol. The van der Waals surface area contributed by atoms with Crippen LogP contribution in [-0.4, -0.2) is 31.5 Å². The molecule has 0 aliphatic carbocycles. The molecule has 0 bridgehead atoms. The maximum atomic E-state index is 12.9. The van der Waals surface area contributed by atoms with Gasteiger partial charge in [0.1, 0.15) is 11.6 Å². The Kier molecular flexibility index (Phi) is 8.07. The summed E-state index contributed by atoms with van der Waals surface area (Å²) in [7, 11) is -2.11. The Labute approximate surface area is 196 Å². The number of methoxy groups -OCH3 is 1. The standard InChI is InChI=1S/C23H22FN3O4S2/c1-31-20-12-13-25-19(14-20)15-33(29,30)21-9-7-18(8-10-21)26-23(32)27-22(28)11-4-16-2-5-17(24)6-3-16/h2-3,5-10,12-14H,4,11,15H2,1H3,(H2,26,27,28,32). The number of anilines is 1. The Hall–Kier alpha value is -3.37. The lowest BCUT2D eigenvalue weighted by atomic mass is 10.1. The van der Waals surface area contributed by atoms with Crippen LogP contribution in [-0.2, 0) is 26.8 Å². The van der Waals surface area contributed by atoms with Crippen molar-refractivity contribution in [1.29, 1.82) is 0 Å². The topological polar surface area (TPSA) is 97.4 Å². The van der Waals surface area contributed by atoms with Gasteiger partial charge in [-0.3, -0.25) is 9.78 Å². The average Bonchev–Trinajstić information content (AvgIpc) is 2.79. The third kappa shape index (κ3) is 7.33. The minimum Gasteiger partial charge on any atom is -0.497 e. The van der Waals surface area contributed by atoms with E-state index in [0.29, 0.717) is 23.6 Å². The summed E-state index contributed by atoms with van der Waals surface area (Å²) < 4.78 is 43.4. The number of nitrogens with zero attached hydrogens (tertiary/aromatic N) is 1. The Morgan fingerprint density at radius 1 is 1.09 bits per heavy atom. The largest absolute Gasteiger partial charge is 0.497 e. The lowest BCUT2D eigenvalue weighted by molar-refractivity contribution is -0.119. The molecule has 3 aromatic rings. The van der Waals surface area contributed by atoms with Crippen molar-refractivity contribution in [2.24, 2.45) is 0 Å². The molecule has 2 N–H and O–H groups in total. The average molecular weight is 488 g/mol. The van der Waals surface area contributed by atoms with Crippen molar-refractivity contribution in [3.8, 4) is 5.75 Å². The zero-order chi connectivity index (χ0) is 23.8. The first-order valence-electron chi connectivity index (χ1n) is 9.92. The second kappa shape index (κ2) is 11.0. The normalized spacial score (nSPS) is 11.0. The van der Waals surface area contributed by atoms with Gasteiger partial charge in [-0.05, 0) is 66.7 Å². The second-order valence-electron chi connectivity index (χ2n) is 7.10. The highest BCUT2D eigenvalue weighted by Gasteiger charge is 2.17. The van der Waals surface area contributed by atoms with Crippen LogP contribution in [0.5, 0.6) is 5.75 Å². The molecule has 0 aliphatic rings. The number of thiocarbonyl (C=S) groups is 1. The van der Waals surface area contributed by atoms with E-state index >= 15 is 0 Å². The fourth-order valence-corrected chi connectivity index (χ4v) is 4.44. The summed E-state index contributed by atoms with van der Waals surface area (Å²) in [5.74, 6) is -0.353. The molecule has 0 radical (unpaired) electrons. The van der Waals surface area contributed by atoms with Gasteiger partial charge in [0.05, 0.1) is 23.5 Å². The Bertz CT molecular complexity index is 1230. The van der Waals surface area contributed by atoms with E-state index in [1.54, 1.807) is 36.4 Å². The second-order valence-corrected chi connectivity index (χ2v) is 9.50. The van der Waals surface area contributed by atoms with Gasteiger partial charge in [-0.15, -0.1) is 0 Å². The number of nitrogens with one attached hydrogen (secondary N) is 2. The lowest BCUT2D eigenvalue weighted by Gasteiger charge is -2.11. The van der Waals surface area contributed by atoms with Crippen molar-refractivity contribution in [3.05, 3.63) is 83.9 Å². The molecule has 0 unspecified atom stereocenters. The molecule has 1 amide bonds. The van der Waals surface area contributed by atoms with E-state index in [-0.39, 0.29) is 33.9 Å². The number of benzene rings is 2. The molecule has 33 heavy (non-hydrogen) atoms. The highest BCUT2D eigenvalue weighted by atomic mass is 32.2. The van der Waals surface area contributed by atoms with Gasteiger partial charge in [-0.25, -0.2) is 12.8 Å². The number of sulfone groups is 1. The van der Waals surface area contributed by atoms with Crippen molar-refractivity contribution < 1.29 is 22.3 Å². The monoisotopic (exact) mass is 487 g/mol. The number of hydrogen-bond donors (Lipinski definition) is 2. The highest BCUT2D eigenvalue weighted by Crippen LogP contribution is 2.20. The van der Waals surface area contributed by atoms with Crippen LogP contribution in [0.2, 0.25) is 0 Å². The molecular weight excluding hydrogens is 465 g/mol. The van der Waals surface area contributed by atoms with Crippen LogP contribution < -0.4 is 15.4 Å². The molecule has 3 rings (SSSR count). The zero-order valence-electron chi connectivity index (χ0n) is 17.7. The molecule has 0 fully saturated rings. The van der Waals surface area contributed by atoms with Gasteiger partial charge in [0.2, 0.25) is 5.91 Å². The quantitative estimate of drug-likeness (QED) is 0.468. The van der Waals surface area contributed by atoms with Crippen molar-refractivity contribution in [3.63, 3.8) is 0 Å². The fourth-order valence-electron chi connectivity index (χ4n) is 2.95. The van der Waals surface area contributed by atoms with Crippen LogP contribution in [0.1, 0.15) is 17.7 Å². The smallest absolute Gasteiger partial charge is 0.226 e. The number of hydrogen-bond acceptors (Lipinski definition) is 6. The van der Waals surface area contributed by atoms with Crippen LogP contribution in [0.25, 0.3) is 0 Å². The Morgan fingerprint density at radius 3 is 2.45 bits per heavy atom. The number of carbonyl (C=O) groups excluding carboxylic acids is 1. The third-order valence-corrected chi connectivity index (χ3v) is 6.51. The molecule has 10 heteroatoms. The SMILES string of the molecule is COc1ccnc(CS(=O)(=O)c2ccc(NC(=S)NC(=O)CCc3ccc(F)cc3)cc2)c1. The summed E-state index contributed by atoms with van der Waals surface area (Å²) in [4.78, 5) is 16.3. The molecule has 1 heterocycles. The number of carbonyl (C=O) groups is 1. The van der Waals surface area contributed by atoms with Crippen molar-refractivity contribution >= 4 is 38.8 Å². The maximum Gasteiger partial charge on any atom is 0.226 e. The molecule has 1 aromatic heterocycles. The van der Waals surface area contributed by atoms with Crippen LogP contribution in [0.4, 0.5) is 10.1 Å². The van der Waals surface area contributed by atoms with Gasteiger partial charge in [0, 0.05) is 24.4 Å². The van der Waals surface area contributed by atoms with E-state index in [9.17, 15) is 17.6 Å². The highest BCUT2D eigenvalue weighted by molar-refractivity contribution is 7.90. The molecule has 2 aromatic carbocycles. The number of rotatable bonds is 8. The molecular formula is C23H22FN3O4S2. The number of amides is 1. The summed E-state index contributed by atoms with van der Waals surface area (Å²) in [6.45, 7) is 0. The van der Waals surface area contributed by atoms with E-state index in [1.165, 1.54) is 37.6 Å². The summed E-state index contributed by atoms with van der Waals surface area (Å²) in [5, 5.41) is 5.51. The number of pyridine rings is 1. The van der Waals surface area contributed by atoms with Crippen molar-refractivity contribution in [2.75, 3.05) is 12.4 Å². The number of aryl methyl sites for hydroxylation is 1. The van der Waals surface area contributed by atoms with Crippen LogP contribution in [0.3, 0.4) is 0 Å². The van der Waals surface area contributed by atoms with E-state index in [1.807, 2.05) is 0 Å². The Morgan fingerprint density at radius 2 is 1.79 bits per heavy atom. The van der Waals surface area contributed by atoms with Gasteiger partial charge in [-0.1, -0.05) is 12.1 Å². The molecule has 172 valence electrons. The number of aromatic nitrogens is 1. The number of ether oxygens (including phenoxy) is 1. The summed E-state index contributed by atoms with van der Waals surface area (Å²) in [6.07, 6.45) is 2.12. The maximum absolute atomic E-state index is 12.9. The van der Waals surface area contributed by atoms with Gasteiger partial charge < -0.3 is 15.4 Å². The third-order valence-electron chi connectivity index (χ3n) is 4.64. The van der Waals surface area contributed by atoms with Crippen molar-refractivity contribution in [1.82, 2.24) is 10.3 Å². The minimum absolute atomic E-state index is 0.0929. The van der Waals surface area contributed by atoms with E-state index in [2.05, 4.69) is 15.6 Å². The van der Waals surface area contributed by atoms with Crippen LogP contribution >= 0.6 is 12.2 Å². The lowest BCUT2D eigenvalue weighted by Crippen LogP contribution is -2.34. The molecule has 0 saturated carbocycles. The molecule has 0 atom stereocenters. The van der Waals surface area contributed by atoms with E-state index < -0.39 is 9.84 Å². The molecule has 0 aliphatic heterocycles. The first-order chi connectivity index (χ1) is 15.7. The summed E-state index contributed by atoms with van der Waals surface area (Å²) in [6, 6.07) is 15.2. The molecule has 0 saturated heterocycles. The van der Waals surface area contributed by atoms with Crippen LogP contribution in [0.15, 0.2) is 71.8 Å². The molecule has 0 spiro atoms. The Balaban J connectivity index is 1.53. The summed E-state index contributed by atoms with van der Waals surface area (Å²) in [5.41, 5.74) is 1.74.